The van der Waals surface area contributed by atoms with E-state index in [1.807, 2.05) is 25.3 Å². The van der Waals surface area contributed by atoms with Gasteiger partial charge >= 0.3 is 5.56 Å². The molecule has 2 N–H and O–H groups in total. The Bertz CT molecular complexity index is 575. The van der Waals surface area contributed by atoms with Crippen molar-refractivity contribution in [2.24, 2.45) is 0 Å². The smallest absolute Gasteiger partial charge is 0.302 e. The second kappa shape index (κ2) is 3.55. The van der Waals surface area contributed by atoms with Crippen molar-refractivity contribution >= 4 is 5.95 Å². The van der Waals surface area contributed by atoms with Crippen LogP contribution in [0.25, 0.3) is 11.5 Å². The lowest BCUT2D eigenvalue weighted by atomic mass is 10.2. The van der Waals surface area contributed by atoms with Crippen molar-refractivity contribution in [2.45, 2.75) is 27.3 Å². The molecule has 6 nitrogen and oxygen atoms in total. The maximum absolute atomic E-state index is 11.6. The number of aromatic nitrogens is 4. The zero-order valence-electron chi connectivity index (χ0n) is 9.48. The summed E-state index contributed by atoms with van der Waals surface area (Å²) >= 11 is 0. The SMILES string of the molecule is CCn1c2nc(N)nc(=O)c-2nc(C)c1C. The first kappa shape index (κ1) is 10.5. The van der Waals surface area contributed by atoms with Gasteiger partial charge in [-0.15, -0.1) is 0 Å². The van der Waals surface area contributed by atoms with Crippen molar-refractivity contribution in [3.05, 3.63) is 21.7 Å². The first-order chi connectivity index (χ1) is 7.54. The number of anilines is 1. The lowest BCUT2D eigenvalue weighted by molar-refractivity contribution is 0.698. The topological polar surface area (TPSA) is 86.7 Å². The Hall–Kier alpha value is -1.98. The lowest BCUT2D eigenvalue weighted by Crippen LogP contribution is -2.23. The number of fused-ring (bicyclic) bond motifs is 1. The zero-order chi connectivity index (χ0) is 11.9. The number of hydrogen-bond donors (Lipinski definition) is 1. The van der Waals surface area contributed by atoms with Crippen LogP contribution in [0.15, 0.2) is 4.79 Å². The molecule has 0 fully saturated rings. The van der Waals surface area contributed by atoms with Gasteiger partial charge in [-0.1, -0.05) is 0 Å². The van der Waals surface area contributed by atoms with Crippen LogP contribution in [0.2, 0.25) is 0 Å². The molecule has 0 radical (unpaired) electrons. The Kier molecular flexibility index (Phi) is 2.34. The van der Waals surface area contributed by atoms with Gasteiger partial charge in [0.15, 0.2) is 11.5 Å². The summed E-state index contributed by atoms with van der Waals surface area (Å²) in [6.07, 6.45) is 0. The molecule has 0 aliphatic carbocycles. The zero-order valence-corrected chi connectivity index (χ0v) is 9.48. The van der Waals surface area contributed by atoms with E-state index < -0.39 is 5.56 Å². The molecule has 84 valence electrons. The fourth-order valence-electron chi connectivity index (χ4n) is 1.71. The molecule has 16 heavy (non-hydrogen) atoms. The monoisotopic (exact) mass is 219 g/mol. The normalized spacial score (nSPS) is 10.9. The average molecular weight is 219 g/mol. The van der Waals surface area contributed by atoms with Gasteiger partial charge in [0, 0.05) is 12.2 Å². The van der Waals surface area contributed by atoms with Gasteiger partial charge in [0.2, 0.25) is 5.95 Å². The van der Waals surface area contributed by atoms with Crippen LogP contribution >= 0.6 is 0 Å². The van der Waals surface area contributed by atoms with Gasteiger partial charge in [0.05, 0.1) is 5.69 Å². The van der Waals surface area contributed by atoms with E-state index in [1.165, 1.54) is 0 Å². The van der Waals surface area contributed by atoms with Crippen molar-refractivity contribution in [2.75, 3.05) is 5.73 Å². The minimum absolute atomic E-state index is 0.00949. The van der Waals surface area contributed by atoms with Crippen molar-refractivity contribution in [3.8, 4) is 11.5 Å². The molecule has 2 aliphatic rings. The van der Waals surface area contributed by atoms with E-state index in [1.54, 1.807) is 0 Å². The number of nitrogens with two attached hydrogens (primary N) is 1. The van der Waals surface area contributed by atoms with Crippen LogP contribution < -0.4 is 11.3 Å². The summed E-state index contributed by atoms with van der Waals surface area (Å²) in [5.74, 6) is 0.493. The Morgan fingerprint density at radius 2 is 1.94 bits per heavy atom. The van der Waals surface area contributed by atoms with E-state index in [0.29, 0.717) is 12.4 Å². The summed E-state index contributed by atoms with van der Waals surface area (Å²) in [7, 11) is 0. The highest BCUT2D eigenvalue weighted by Crippen LogP contribution is 2.17. The van der Waals surface area contributed by atoms with Gasteiger partial charge in [0.25, 0.3) is 0 Å². The number of aryl methyl sites for hydroxylation is 1. The molecule has 0 aromatic rings. The molecule has 0 spiro atoms. The Labute approximate surface area is 92.5 Å². The Balaban J connectivity index is 2.95. The molecule has 0 unspecified atom stereocenters. The third kappa shape index (κ3) is 1.42. The van der Waals surface area contributed by atoms with Crippen molar-refractivity contribution in [3.63, 3.8) is 0 Å². The molecular weight excluding hydrogens is 206 g/mol. The van der Waals surface area contributed by atoms with Crippen molar-refractivity contribution in [1.29, 1.82) is 0 Å². The minimum Gasteiger partial charge on any atom is -0.368 e. The van der Waals surface area contributed by atoms with E-state index in [4.69, 9.17) is 5.73 Å². The molecule has 6 heteroatoms. The second-order valence-electron chi connectivity index (χ2n) is 3.59. The highest BCUT2D eigenvalue weighted by molar-refractivity contribution is 5.53. The van der Waals surface area contributed by atoms with Gasteiger partial charge in [-0.25, -0.2) is 4.98 Å². The van der Waals surface area contributed by atoms with Crippen molar-refractivity contribution < 1.29 is 0 Å². The summed E-state index contributed by atoms with van der Waals surface area (Å²) in [5, 5.41) is 0. The number of rotatable bonds is 1. The van der Waals surface area contributed by atoms with E-state index in [0.717, 1.165) is 11.4 Å². The maximum atomic E-state index is 11.6. The summed E-state index contributed by atoms with van der Waals surface area (Å²) in [6.45, 7) is 6.49. The Morgan fingerprint density at radius 1 is 1.25 bits per heavy atom. The lowest BCUT2D eigenvalue weighted by Gasteiger charge is -2.16. The number of hydrogen-bond acceptors (Lipinski definition) is 5. The quantitative estimate of drug-likeness (QED) is 0.748. The molecule has 0 saturated carbocycles. The molecule has 0 bridgehead atoms. The molecule has 0 aromatic heterocycles. The highest BCUT2D eigenvalue weighted by atomic mass is 16.1. The predicted octanol–water partition coefficient (Wildman–Crippen LogP) is 0.357. The fraction of sp³-hybridized carbons (Fsp3) is 0.400. The maximum Gasteiger partial charge on any atom is 0.302 e. The first-order valence-corrected chi connectivity index (χ1v) is 5.05. The first-order valence-electron chi connectivity index (χ1n) is 5.05. The minimum atomic E-state index is -0.423. The molecule has 0 amide bonds. The number of nitrogens with zero attached hydrogens (tertiary/aromatic N) is 4. The van der Waals surface area contributed by atoms with E-state index in [2.05, 4.69) is 15.0 Å². The van der Waals surface area contributed by atoms with Crippen LogP contribution in [0.3, 0.4) is 0 Å². The van der Waals surface area contributed by atoms with Crippen LogP contribution in [0.4, 0.5) is 5.95 Å². The highest BCUT2D eigenvalue weighted by Gasteiger charge is 2.18. The van der Waals surface area contributed by atoms with Crippen LogP contribution in [0.1, 0.15) is 18.3 Å². The van der Waals surface area contributed by atoms with Crippen LogP contribution in [-0.4, -0.2) is 19.5 Å². The molecule has 0 atom stereocenters. The fourth-order valence-corrected chi connectivity index (χ4v) is 1.71. The molecule has 2 heterocycles. The largest absolute Gasteiger partial charge is 0.368 e. The Morgan fingerprint density at radius 3 is 2.56 bits per heavy atom. The summed E-state index contributed by atoms with van der Waals surface area (Å²) in [5.41, 5.74) is 7.11. The van der Waals surface area contributed by atoms with Crippen LogP contribution in [0.5, 0.6) is 0 Å². The number of nitrogen functional groups attached to an aromatic ring is 1. The summed E-state index contributed by atoms with van der Waals surface area (Å²) in [6, 6.07) is 0. The van der Waals surface area contributed by atoms with Crippen molar-refractivity contribution in [1.82, 2.24) is 19.5 Å². The molecular formula is C10H13N5O. The van der Waals surface area contributed by atoms with Crippen LogP contribution in [0, 0.1) is 13.8 Å². The van der Waals surface area contributed by atoms with Crippen LogP contribution in [-0.2, 0) is 6.54 Å². The molecule has 2 aliphatic heterocycles. The third-order valence-corrected chi connectivity index (χ3v) is 2.63. The van der Waals surface area contributed by atoms with Gasteiger partial charge in [-0.3, -0.25) is 4.79 Å². The molecule has 2 rings (SSSR count). The average Bonchev–Trinajstić information content (AvgIpc) is 2.22. The third-order valence-electron chi connectivity index (χ3n) is 2.63. The van der Waals surface area contributed by atoms with Gasteiger partial charge in [-0.05, 0) is 20.8 Å². The van der Waals surface area contributed by atoms with E-state index >= 15 is 0 Å². The molecule has 0 aromatic carbocycles. The summed E-state index contributed by atoms with van der Waals surface area (Å²) in [4.78, 5) is 23.5. The van der Waals surface area contributed by atoms with Gasteiger partial charge in [-0.2, -0.15) is 9.97 Å². The van der Waals surface area contributed by atoms with E-state index in [9.17, 15) is 4.79 Å². The summed E-state index contributed by atoms with van der Waals surface area (Å²) < 4.78 is 1.91. The van der Waals surface area contributed by atoms with E-state index in [-0.39, 0.29) is 11.6 Å². The van der Waals surface area contributed by atoms with Gasteiger partial charge < -0.3 is 10.3 Å². The predicted molar refractivity (Wildman–Crippen MR) is 60.3 cm³/mol. The molecule has 0 saturated heterocycles. The second-order valence-corrected chi connectivity index (χ2v) is 3.59. The van der Waals surface area contributed by atoms with Gasteiger partial charge in [0.1, 0.15) is 0 Å². The standard InChI is InChI=1S/C10H13N5O/c1-4-15-6(3)5(2)12-7-8(15)13-10(11)14-9(7)16/h4H2,1-3H3,(H2,11,14,16).